The maximum Gasteiger partial charge on any atom is 0.163 e. The highest BCUT2D eigenvalue weighted by Crippen LogP contribution is 2.08. The number of aromatic nitrogens is 2. The highest BCUT2D eigenvalue weighted by Gasteiger charge is 2.13. The largest absolute Gasteiger partial charge is 0.304 e. The van der Waals surface area contributed by atoms with Gasteiger partial charge in [-0.25, -0.2) is 5.01 Å². The number of hydrogen-bond acceptors (Lipinski definition) is 5. The Balaban J connectivity index is 1.89. The van der Waals surface area contributed by atoms with Crippen molar-refractivity contribution in [2.45, 2.75) is 0 Å². The fraction of sp³-hybridized carbons (Fsp3) is 0.556. The van der Waals surface area contributed by atoms with Gasteiger partial charge in [-0.2, -0.15) is 0 Å². The van der Waals surface area contributed by atoms with Crippen LogP contribution in [0.25, 0.3) is 0 Å². The molecule has 0 radical (unpaired) electrons. The maximum absolute atomic E-state index is 5.65. The normalized spacial score (nSPS) is 19.1. The second-order valence-corrected chi connectivity index (χ2v) is 4.03. The summed E-state index contributed by atoms with van der Waals surface area (Å²) in [4.78, 5) is 2.30. The molecular weight excluding hydrogens is 214 g/mol. The van der Waals surface area contributed by atoms with Gasteiger partial charge < -0.3 is 10.3 Å². The first kappa shape index (κ1) is 10.6. The zero-order valence-corrected chi connectivity index (χ0v) is 9.41. The molecule has 1 fully saturated rings. The third-order valence-corrected chi connectivity index (χ3v) is 2.61. The summed E-state index contributed by atoms with van der Waals surface area (Å²) in [5, 5.41) is 10.3. The van der Waals surface area contributed by atoms with E-state index in [9.17, 15) is 0 Å². The van der Waals surface area contributed by atoms with Crippen LogP contribution in [0.15, 0.2) is 12.1 Å². The van der Waals surface area contributed by atoms with Crippen molar-refractivity contribution in [3.05, 3.63) is 17.3 Å². The molecule has 0 aliphatic carbocycles. The summed E-state index contributed by atoms with van der Waals surface area (Å²) in [6.07, 6.45) is 0. The molecule has 0 atom stereocenters. The number of likely N-dealkylation sites (N-methyl/N-ethyl adjacent to an activating group) is 1. The zero-order chi connectivity index (χ0) is 10.7. The Bertz CT molecular complexity index is 307. The Labute approximate surface area is 94.0 Å². The van der Waals surface area contributed by atoms with E-state index in [2.05, 4.69) is 32.6 Å². The molecule has 0 bridgehead atoms. The number of nitrogens with one attached hydrogen (secondary N) is 1. The predicted octanol–water partition coefficient (Wildman–Crippen LogP) is 0.704. The highest BCUT2D eigenvalue weighted by atomic mass is 35.5. The molecule has 6 heteroatoms. The van der Waals surface area contributed by atoms with Gasteiger partial charge in [-0.15, -0.1) is 10.2 Å². The molecule has 1 saturated heterocycles. The first-order valence-electron chi connectivity index (χ1n) is 4.93. The van der Waals surface area contributed by atoms with E-state index in [0.717, 1.165) is 32.0 Å². The van der Waals surface area contributed by atoms with Gasteiger partial charge in [0.25, 0.3) is 0 Å². The summed E-state index contributed by atoms with van der Waals surface area (Å²) in [6.45, 7) is 4.10. The number of piperazine rings is 1. The average molecular weight is 228 g/mol. The summed E-state index contributed by atoms with van der Waals surface area (Å²) >= 11 is 5.65. The summed E-state index contributed by atoms with van der Waals surface area (Å²) in [7, 11) is 2.12. The van der Waals surface area contributed by atoms with Crippen LogP contribution >= 0.6 is 11.6 Å². The first-order chi connectivity index (χ1) is 7.24. The van der Waals surface area contributed by atoms with E-state index in [1.54, 1.807) is 6.07 Å². The van der Waals surface area contributed by atoms with Crippen molar-refractivity contribution in [3.63, 3.8) is 0 Å². The fourth-order valence-electron chi connectivity index (χ4n) is 1.46. The quantitative estimate of drug-likeness (QED) is 0.806. The molecule has 1 N–H and O–H groups in total. The number of nitrogens with zero attached hydrogens (tertiary/aromatic N) is 4. The molecular formula is C9H14ClN5. The molecule has 82 valence electrons. The lowest BCUT2D eigenvalue weighted by Crippen LogP contribution is -2.47. The van der Waals surface area contributed by atoms with Gasteiger partial charge in [0.2, 0.25) is 0 Å². The van der Waals surface area contributed by atoms with Crippen LogP contribution in [-0.2, 0) is 0 Å². The molecule has 1 aromatic heterocycles. The van der Waals surface area contributed by atoms with E-state index in [0.29, 0.717) is 5.15 Å². The number of hydrazine groups is 1. The van der Waals surface area contributed by atoms with Crippen LogP contribution in [0, 0.1) is 0 Å². The average Bonchev–Trinajstić information content (AvgIpc) is 2.25. The number of anilines is 1. The minimum absolute atomic E-state index is 0.416. The van der Waals surface area contributed by atoms with Crippen molar-refractivity contribution in [3.8, 4) is 0 Å². The maximum atomic E-state index is 5.65. The second kappa shape index (κ2) is 4.74. The number of hydrogen-bond donors (Lipinski definition) is 1. The Hall–Kier alpha value is -0.910. The van der Waals surface area contributed by atoms with Crippen LogP contribution in [0.5, 0.6) is 0 Å². The summed E-state index contributed by atoms with van der Waals surface area (Å²) in [5.41, 5.74) is 3.20. The van der Waals surface area contributed by atoms with Gasteiger partial charge in [0.05, 0.1) is 0 Å². The molecule has 0 amide bonds. The van der Waals surface area contributed by atoms with Gasteiger partial charge in [-0.1, -0.05) is 11.6 Å². The smallest absolute Gasteiger partial charge is 0.163 e. The third-order valence-electron chi connectivity index (χ3n) is 2.41. The topological polar surface area (TPSA) is 44.3 Å². The molecule has 0 saturated carbocycles. The third kappa shape index (κ3) is 3.02. The molecule has 1 aromatic rings. The molecule has 1 aliphatic rings. The highest BCUT2D eigenvalue weighted by molar-refractivity contribution is 6.29. The van der Waals surface area contributed by atoms with Crippen LogP contribution in [0.4, 0.5) is 5.82 Å². The van der Waals surface area contributed by atoms with E-state index >= 15 is 0 Å². The van der Waals surface area contributed by atoms with Crippen molar-refractivity contribution in [2.24, 2.45) is 0 Å². The van der Waals surface area contributed by atoms with Crippen molar-refractivity contribution in [2.75, 3.05) is 38.7 Å². The predicted molar refractivity (Wildman–Crippen MR) is 59.7 cm³/mol. The van der Waals surface area contributed by atoms with Gasteiger partial charge in [0.1, 0.15) is 0 Å². The lowest BCUT2D eigenvalue weighted by molar-refractivity contribution is 0.178. The van der Waals surface area contributed by atoms with Crippen LogP contribution in [-0.4, -0.2) is 53.3 Å². The number of halogens is 1. The second-order valence-electron chi connectivity index (χ2n) is 3.64. The van der Waals surface area contributed by atoms with E-state index in [1.165, 1.54) is 0 Å². The Kier molecular flexibility index (Phi) is 3.35. The Morgan fingerprint density at radius 1 is 1.20 bits per heavy atom. The Morgan fingerprint density at radius 2 is 1.93 bits per heavy atom. The van der Waals surface area contributed by atoms with Crippen molar-refractivity contribution >= 4 is 17.4 Å². The molecule has 0 unspecified atom stereocenters. The lowest BCUT2D eigenvalue weighted by Gasteiger charge is -2.32. The monoisotopic (exact) mass is 227 g/mol. The van der Waals surface area contributed by atoms with Gasteiger partial charge in [0, 0.05) is 26.2 Å². The summed E-state index contributed by atoms with van der Waals surface area (Å²) in [5.74, 6) is 0.740. The van der Waals surface area contributed by atoms with E-state index in [-0.39, 0.29) is 0 Å². The van der Waals surface area contributed by atoms with E-state index in [4.69, 9.17) is 11.6 Å². The fourth-order valence-corrected chi connectivity index (χ4v) is 1.56. The summed E-state index contributed by atoms with van der Waals surface area (Å²) in [6, 6.07) is 3.56. The van der Waals surface area contributed by atoms with Crippen molar-refractivity contribution in [1.29, 1.82) is 0 Å². The van der Waals surface area contributed by atoms with E-state index in [1.807, 2.05) is 6.07 Å². The molecule has 2 rings (SSSR count). The first-order valence-corrected chi connectivity index (χ1v) is 5.31. The molecule has 2 heterocycles. The molecule has 0 aromatic carbocycles. The minimum Gasteiger partial charge on any atom is -0.304 e. The van der Waals surface area contributed by atoms with Crippen molar-refractivity contribution in [1.82, 2.24) is 20.1 Å². The molecule has 15 heavy (non-hydrogen) atoms. The minimum atomic E-state index is 0.416. The van der Waals surface area contributed by atoms with Crippen LogP contribution in [0.1, 0.15) is 0 Å². The van der Waals surface area contributed by atoms with Crippen molar-refractivity contribution < 1.29 is 0 Å². The zero-order valence-electron chi connectivity index (χ0n) is 8.65. The van der Waals surface area contributed by atoms with Crippen LogP contribution in [0.2, 0.25) is 5.15 Å². The molecule has 1 aliphatic heterocycles. The van der Waals surface area contributed by atoms with Gasteiger partial charge >= 0.3 is 0 Å². The van der Waals surface area contributed by atoms with Gasteiger partial charge in [0.15, 0.2) is 11.0 Å². The Morgan fingerprint density at radius 3 is 2.53 bits per heavy atom. The summed E-state index contributed by atoms with van der Waals surface area (Å²) < 4.78 is 0. The lowest BCUT2D eigenvalue weighted by atomic mass is 10.4. The van der Waals surface area contributed by atoms with Gasteiger partial charge in [-0.05, 0) is 19.2 Å². The SMILES string of the molecule is CN1CCN(Nc2ccc(Cl)nn2)CC1. The van der Waals surface area contributed by atoms with Crippen LogP contribution in [0.3, 0.4) is 0 Å². The van der Waals surface area contributed by atoms with Gasteiger partial charge in [-0.3, -0.25) is 0 Å². The standard InChI is InChI=1S/C9H14ClN5/c1-14-4-6-15(7-5-14)13-9-3-2-8(10)11-12-9/h2-3H,4-7H2,1H3,(H,12,13). The number of rotatable bonds is 2. The van der Waals surface area contributed by atoms with Crippen LogP contribution < -0.4 is 5.43 Å². The molecule has 5 nitrogen and oxygen atoms in total. The van der Waals surface area contributed by atoms with E-state index < -0.39 is 0 Å². The molecule has 0 spiro atoms.